The Labute approximate surface area is 168 Å². The molecule has 0 bridgehead atoms. The molecule has 0 radical (unpaired) electrons. The van der Waals surface area contributed by atoms with E-state index in [0.717, 1.165) is 18.4 Å². The van der Waals surface area contributed by atoms with E-state index in [1.165, 1.54) is 0 Å². The Bertz CT molecular complexity index is 1040. The third kappa shape index (κ3) is 4.73. The van der Waals surface area contributed by atoms with Crippen LogP contribution in [0.2, 0.25) is 0 Å². The van der Waals surface area contributed by atoms with Gasteiger partial charge >= 0.3 is 5.63 Å². The van der Waals surface area contributed by atoms with Gasteiger partial charge in [-0.05, 0) is 49.2 Å². The Morgan fingerprint density at radius 1 is 1.14 bits per heavy atom. The number of unbranched alkanes of at least 4 members (excludes halogenated alkanes) is 1. The lowest BCUT2D eigenvalue weighted by Gasteiger charge is -2.12. The smallest absolute Gasteiger partial charge is 0.347 e. The first kappa shape index (κ1) is 20.0. The summed E-state index contributed by atoms with van der Waals surface area (Å²) in [6.45, 7) is 5.19. The zero-order chi connectivity index (χ0) is 19.9. The molecule has 3 rings (SSSR count). The molecule has 0 saturated carbocycles. The summed E-state index contributed by atoms with van der Waals surface area (Å²) in [6, 6.07) is 12.5. The predicted molar refractivity (Wildman–Crippen MR) is 112 cm³/mol. The van der Waals surface area contributed by atoms with Crippen LogP contribution in [-0.4, -0.2) is 18.2 Å². The molecular weight excluding hydrogens is 378 g/mol. The summed E-state index contributed by atoms with van der Waals surface area (Å²) >= 11 is 6.38. The van der Waals surface area contributed by atoms with E-state index in [1.54, 1.807) is 24.3 Å². The summed E-state index contributed by atoms with van der Waals surface area (Å²) in [5.41, 5.74) is 0.853. The minimum absolute atomic E-state index is 0.0756. The van der Waals surface area contributed by atoms with Crippen molar-refractivity contribution in [2.75, 3.05) is 13.2 Å². The number of benzene rings is 2. The molecule has 5 nitrogen and oxygen atoms in total. The summed E-state index contributed by atoms with van der Waals surface area (Å²) in [5, 5.41) is 0.646. The minimum Gasteiger partial charge on any atom is -0.490 e. The van der Waals surface area contributed by atoms with Crippen molar-refractivity contribution in [1.82, 2.24) is 4.98 Å². The normalized spacial score (nSPS) is 11.6. The van der Waals surface area contributed by atoms with Crippen LogP contribution >= 0.6 is 11.6 Å². The zero-order valence-electron chi connectivity index (χ0n) is 15.9. The van der Waals surface area contributed by atoms with Crippen LogP contribution in [0.3, 0.4) is 0 Å². The third-order valence-corrected chi connectivity index (χ3v) is 4.33. The van der Waals surface area contributed by atoms with Gasteiger partial charge in [-0.1, -0.05) is 43.1 Å². The van der Waals surface area contributed by atoms with Crippen LogP contribution in [0.25, 0.3) is 22.0 Å². The van der Waals surface area contributed by atoms with Crippen LogP contribution < -0.4 is 15.1 Å². The van der Waals surface area contributed by atoms with Crippen molar-refractivity contribution in [1.29, 1.82) is 0 Å². The van der Waals surface area contributed by atoms with E-state index in [1.807, 2.05) is 31.2 Å². The number of hydrogen-bond donors (Lipinski definition) is 0. The average molecular weight is 400 g/mol. The quantitative estimate of drug-likeness (QED) is 0.468. The average Bonchev–Trinajstić information content (AvgIpc) is 2.70. The topological polar surface area (TPSA) is 61.6 Å². The van der Waals surface area contributed by atoms with Crippen molar-refractivity contribution in [3.05, 3.63) is 64.3 Å². The number of rotatable bonds is 8. The number of ether oxygens (including phenoxy) is 2. The lowest BCUT2D eigenvalue weighted by molar-refractivity contribution is 0.272. The van der Waals surface area contributed by atoms with E-state index < -0.39 is 5.63 Å². The van der Waals surface area contributed by atoms with Gasteiger partial charge in [-0.2, -0.15) is 0 Å². The van der Waals surface area contributed by atoms with Crippen molar-refractivity contribution in [2.45, 2.75) is 26.7 Å². The van der Waals surface area contributed by atoms with Crippen molar-refractivity contribution < 1.29 is 13.9 Å². The number of para-hydroxylation sites is 1. The monoisotopic (exact) mass is 399 g/mol. The zero-order valence-corrected chi connectivity index (χ0v) is 16.7. The molecular formula is C22H22ClNO4. The Morgan fingerprint density at radius 2 is 1.96 bits per heavy atom. The fourth-order valence-corrected chi connectivity index (χ4v) is 2.86. The molecule has 1 heterocycles. The van der Waals surface area contributed by atoms with Crippen LogP contribution in [-0.2, 0) is 0 Å². The third-order valence-electron chi connectivity index (χ3n) is 4.06. The molecule has 0 unspecified atom stereocenters. The second-order valence-electron chi connectivity index (χ2n) is 6.16. The molecule has 6 heteroatoms. The predicted octanol–water partition coefficient (Wildman–Crippen LogP) is 5.50. The Kier molecular flexibility index (Phi) is 6.71. The maximum absolute atomic E-state index is 12.1. The van der Waals surface area contributed by atoms with Crippen LogP contribution in [0.1, 0.15) is 38.1 Å². The molecule has 0 aliphatic carbocycles. The first-order valence-electron chi connectivity index (χ1n) is 9.29. The second kappa shape index (κ2) is 9.42. The molecule has 0 aliphatic rings. The van der Waals surface area contributed by atoms with Gasteiger partial charge in [0, 0.05) is 0 Å². The van der Waals surface area contributed by atoms with E-state index in [2.05, 4.69) is 11.9 Å². The summed E-state index contributed by atoms with van der Waals surface area (Å²) in [7, 11) is 0. The van der Waals surface area contributed by atoms with E-state index in [-0.39, 0.29) is 10.9 Å². The Balaban J connectivity index is 1.91. The molecule has 0 atom stereocenters. The van der Waals surface area contributed by atoms with Crippen molar-refractivity contribution >= 4 is 33.6 Å². The molecule has 3 aromatic rings. The first-order valence-corrected chi connectivity index (χ1v) is 9.67. The lowest BCUT2D eigenvalue weighted by atomic mass is 10.2. The molecule has 0 saturated heterocycles. The number of fused-ring (bicyclic) bond motifs is 1. The van der Waals surface area contributed by atoms with Gasteiger partial charge in [-0.15, -0.1) is 0 Å². The van der Waals surface area contributed by atoms with Gasteiger partial charge in [0.25, 0.3) is 0 Å². The first-order chi connectivity index (χ1) is 13.6. The van der Waals surface area contributed by atoms with E-state index >= 15 is 0 Å². The molecule has 2 aromatic carbocycles. The highest BCUT2D eigenvalue weighted by Crippen LogP contribution is 2.31. The summed E-state index contributed by atoms with van der Waals surface area (Å²) in [6.07, 6.45) is 3.72. The van der Waals surface area contributed by atoms with Crippen LogP contribution in [0.4, 0.5) is 0 Å². The van der Waals surface area contributed by atoms with Crippen LogP contribution in [0.15, 0.2) is 51.7 Å². The summed E-state index contributed by atoms with van der Waals surface area (Å²) in [4.78, 5) is 16.5. The summed E-state index contributed by atoms with van der Waals surface area (Å²) in [5.74, 6) is 1.41. The van der Waals surface area contributed by atoms with E-state index in [9.17, 15) is 4.79 Å². The van der Waals surface area contributed by atoms with E-state index in [4.69, 9.17) is 25.5 Å². The number of aromatic nitrogens is 1. The van der Waals surface area contributed by atoms with Gasteiger partial charge < -0.3 is 13.9 Å². The molecule has 0 N–H and O–H groups in total. The van der Waals surface area contributed by atoms with Gasteiger partial charge in [-0.25, -0.2) is 9.78 Å². The van der Waals surface area contributed by atoms with Crippen LogP contribution in [0, 0.1) is 0 Å². The lowest BCUT2D eigenvalue weighted by Crippen LogP contribution is -2.03. The van der Waals surface area contributed by atoms with E-state index in [0.29, 0.717) is 35.6 Å². The maximum atomic E-state index is 12.1. The molecule has 28 heavy (non-hydrogen) atoms. The highest BCUT2D eigenvalue weighted by Gasteiger charge is 2.11. The molecule has 0 amide bonds. The molecule has 0 fully saturated rings. The van der Waals surface area contributed by atoms with Crippen LogP contribution in [0.5, 0.6) is 11.5 Å². The Morgan fingerprint density at radius 3 is 2.75 bits per heavy atom. The van der Waals surface area contributed by atoms with Gasteiger partial charge in [0.05, 0.1) is 24.1 Å². The van der Waals surface area contributed by atoms with Gasteiger partial charge in [-0.3, -0.25) is 0 Å². The highest BCUT2D eigenvalue weighted by molar-refractivity contribution is 6.50. The SMILES string of the molecule is CCCCOc1ccc(/C=C(\Cl)c2nc3ccccc3c(=O)o2)cc1OCC. The van der Waals surface area contributed by atoms with Crippen molar-refractivity contribution in [2.24, 2.45) is 0 Å². The number of halogens is 1. The largest absolute Gasteiger partial charge is 0.490 e. The second-order valence-corrected chi connectivity index (χ2v) is 6.56. The Hall–Kier alpha value is -2.79. The number of hydrogen-bond acceptors (Lipinski definition) is 5. The highest BCUT2D eigenvalue weighted by atomic mass is 35.5. The van der Waals surface area contributed by atoms with Crippen molar-refractivity contribution in [3.63, 3.8) is 0 Å². The van der Waals surface area contributed by atoms with Crippen molar-refractivity contribution in [3.8, 4) is 11.5 Å². The molecule has 146 valence electrons. The molecule has 1 aromatic heterocycles. The molecule has 0 spiro atoms. The maximum Gasteiger partial charge on any atom is 0.347 e. The number of nitrogens with zero attached hydrogens (tertiary/aromatic N) is 1. The fourth-order valence-electron chi connectivity index (χ4n) is 2.66. The van der Waals surface area contributed by atoms with Gasteiger partial charge in [0.2, 0.25) is 5.89 Å². The van der Waals surface area contributed by atoms with Gasteiger partial charge in [0.1, 0.15) is 5.03 Å². The minimum atomic E-state index is -0.471. The summed E-state index contributed by atoms with van der Waals surface area (Å²) < 4.78 is 16.7. The van der Waals surface area contributed by atoms with Gasteiger partial charge in [0.15, 0.2) is 11.5 Å². The molecule has 0 aliphatic heterocycles. The fraction of sp³-hybridized carbons (Fsp3) is 0.273. The standard InChI is InChI=1S/C22H22ClNO4/c1-3-5-12-27-19-11-10-15(14-20(19)26-4-2)13-17(23)21-24-18-9-7-6-8-16(18)22(25)28-21/h6-11,13-14H,3-5,12H2,1-2H3/b17-13-.